The minimum absolute atomic E-state index is 0.848. The fraction of sp³-hybridized carbons (Fsp3) is 0.250. The minimum Gasteiger partial charge on any atom is -0.398 e. The van der Waals surface area contributed by atoms with Gasteiger partial charge in [0.25, 0.3) is 0 Å². The second-order valence-corrected chi connectivity index (χ2v) is 5.74. The fourth-order valence-electron chi connectivity index (χ4n) is 1.48. The molecule has 1 aromatic carbocycles. The molecule has 0 saturated carbocycles. The van der Waals surface area contributed by atoms with E-state index in [0.717, 1.165) is 33.8 Å². The zero-order valence-corrected chi connectivity index (χ0v) is 11.7. The fourth-order valence-corrected chi connectivity index (χ4v) is 2.93. The molecule has 0 saturated heterocycles. The Hall–Kier alpha value is -0.940. The number of aromatic nitrogens is 2. The van der Waals surface area contributed by atoms with Gasteiger partial charge in [-0.05, 0) is 30.4 Å². The number of halogens is 1. The Bertz CT molecular complexity index is 471. The minimum atomic E-state index is 0.848. The van der Waals surface area contributed by atoms with E-state index in [1.165, 1.54) is 0 Å². The molecule has 5 heteroatoms. The summed E-state index contributed by atoms with van der Waals surface area (Å²) in [6, 6.07) is 5.96. The number of thioether (sulfide) groups is 1. The van der Waals surface area contributed by atoms with Crippen molar-refractivity contribution in [2.75, 3.05) is 11.5 Å². The molecular weight excluding hydrogens is 298 g/mol. The normalized spacial score (nSPS) is 10.6. The second-order valence-electron chi connectivity index (χ2n) is 3.68. The molecule has 2 aromatic rings. The first kappa shape index (κ1) is 12.5. The number of benzene rings is 1. The smallest absolute Gasteiger partial charge is 0.0945 e. The monoisotopic (exact) mass is 311 g/mol. The molecule has 0 amide bonds. The van der Waals surface area contributed by atoms with Crippen LogP contribution in [-0.2, 0) is 6.54 Å². The molecule has 0 radical (unpaired) electrons. The van der Waals surface area contributed by atoms with Gasteiger partial charge in [-0.25, -0.2) is 4.98 Å². The van der Waals surface area contributed by atoms with Crippen molar-refractivity contribution < 1.29 is 0 Å². The topological polar surface area (TPSA) is 43.8 Å². The number of imidazole rings is 1. The molecule has 17 heavy (non-hydrogen) atoms. The predicted octanol–water partition coefficient (Wildman–Crippen LogP) is 3.41. The van der Waals surface area contributed by atoms with E-state index in [2.05, 4.69) is 31.5 Å². The van der Waals surface area contributed by atoms with Crippen molar-refractivity contribution in [3.05, 3.63) is 41.4 Å². The van der Waals surface area contributed by atoms with Gasteiger partial charge in [-0.15, -0.1) is 11.8 Å². The lowest BCUT2D eigenvalue weighted by Gasteiger charge is -2.06. The molecule has 90 valence electrons. The molecule has 1 heterocycles. The van der Waals surface area contributed by atoms with Crippen LogP contribution in [0.15, 0.2) is 46.3 Å². The van der Waals surface area contributed by atoms with Crippen LogP contribution in [0.4, 0.5) is 5.69 Å². The third-order valence-corrected chi connectivity index (χ3v) is 4.00. The SMILES string of the molecule is Nc1ccc(Br)cc1SCCCn1ccnc1. The van der Waals surface area contributed by atoms with E-state index in [9.17, 15) is 0 Å². The number of rotatable bonds is 5. The van der Waals surface area contributed by atoms with Gasteiger partial charge < -0.3 is 10.3 Å². The highest BCUT2D eigenvalue weighted by Crippen LogP contribution is 2.28. The summed E-state index contributed by atoms with van der Waals surface area (Å²) in [5.41, 5.74) is 6.76. The zero-order valence-electron chi connectivity index (χ0n) is 9.34. The molecule has 0 bridgehead atoms. The third kappa shape index (κ3) is 3.78. The van der Waals surface area contributed by atoms with Crippen molar-refractivity contribution in [2.24, 2.45) is 0 Å². The van der Waals surface area contributed by atoms with Crippen LogP contribution in [0, 0.1) is 0 Å². The summed E-state index contributed by atoms with van der Waals surface area (Å²) in [4.78, 5) is 5.16. The Morgan fingerprint density at radius 3 is 3.06 bits per heavy atom. The molecule has 0 spiro atoms. The average molecular weight is 312 g/mol. The first-order valence-electron chi connectivity index (χ1n) is 5.39. The number of nitrogen functional groups attached to an aromatic ring is 1. The highest BCUT2D eigenvalue weighted by molar-refractivity contribution is 9.10. The summed E-state index contributed by atoms with van der Waals surface area (Å²) < 4.78 is 3.16. The van der Waals surface area contributed by atoms with Crippen LogP contribution < -0.4 is 5.73 Å². The van der Waals surface area contributed by atoms with Gasteiger partial charge in [0.15, 0.2) is 0 Å². The van der Waals surface area contributed by atoms with Crippen molar-refractivity contribution in [1.82, 2.24) is 9.55 Å². The van der Waals surface area contributed by atoms with Crippen LogP contribution >= 0.6 is 27.7 Å². The molecule has 0 unspecified atom stereocenters. The molecule has 0 aliphatic heterocycles. The van der Waals surface area contributed by atoms with Gasteiger partial charge in [-0.2, -0.15) is 0 Å². The van der Waals surface area contributed by atoms with Gasteiger partial charge in [0.05, 0.1) is 6.33 Å². The van der Waals surface area contributed by atoms with E-state index >= 15 is 0 Å². The number of anilines is 1. The van der Waals surface area contributed by atoms with Crippen molar-refractivity contribution >= 4 is 33.4 Å². The van der Waals surface area contributed by atoms with Crippen LogP contribution in [0.2, 0.25) is 0 Å². The Balaban J connectivity index is 1.80. The van der Waals surface area contributed by atoms with Gasteiger partial charge in [0, 0.05) is 34.0 Å². The lowest BCUT2D eigenvalue weighted by Crippen LogP contribution is -1.96. The number of aryl methyl sites for hydroxylation is 1. The summed E-state index contributed by atoms with van der Waals surface area (Å²) in [6.45, 7) is 1.00. The van der Waals surface area contributed by atoms with Gasteiger partial charge in [-0.3, -0.25) is 0 Å². The van der Waals surface area contributed by atoms with E-state index < -0.39 is 0 Å². The first-order valence-corrected chi connectivity index (χ1v) is 7.17. The average Bonchev–Trinajstić information content (AvgIpc) is 2.82. The number of nitrogens with zero attached hydrogens (tertiary/aromatic N) is 2. The third-order valence-electron chi connectivity index (χ3n) is 2.35. The molecule has 2 N–H and O–H groups in total. The quantitative estimate of drug-likeness (QED) is 0.523. The van der Waals surface area contributed by atoms with E-state index in [4.69, 9.17) is 5.73 Å². The number of nitrogens with two attached hydrogens (primary N) is 1. The van der Waals surface area contributed by atoms with E-state index in [0.29, 0.717) is 0 Å². The molecular formula is C12H14BrN3S. The molecule has 0 fully saturated rings. The first-order chi connectivity index (χ1) is 8.25. The standard InChI is InChI=1S/C12H14BrN3S/c13-10-2-3-11(14)12(8-10)17-7-1-5-16-6-4-15-9-16/h2-4,6,8-9H,1,5,7,14H2. The Kier molecular flexibility index (Phi) is 4.50. The molecule has 0 aliphatic rings. The van der Waals surface area contributed by atoms with E-state index in [-0.39, 0.29) is 0 Å². The maximum atomic E-state index is 5.91. The number of hydrogen-bond acceptors (Lipinski definition) is 3. The Labute approximate surface area is 114 Å². The number of hydrogen-bond donors (Lipinski definition) is 1. The summed E-state index contributed by atoms with van der Waals surface area (Å²) in [5, 5.41) is 0. The second kappa shape index (κ2) is 6.12. The maximum Gasteiger partial charge on any atom is 0.0945 e. The summed E-state index contributed by atoms with van der Waals surface area (Å²) in [7, 11) is 0. The van der Waals surface area contributed by atoms with Gasteiger partial charge in [0.2, 0.25) is 0 Å². The molecule has 2 rings (SSSR count). The maximum absolute atomic E-state index is 5.91. The predicted molar refractivity (Wildman–Crippen MR) is 76.1 cm³/mol. The van der Waals surface area contributed by atoms with Gasteiger partial charge >= 0.3 is 0 Å². The van der Waals surface area contributed by atoms with E-state index in [1.807, 2.05) is 24.7 Å². The highest BCUT2D eigenvalue weighted by Gasteiger charge is 2.00. The molecule has 0 aliphatic carbocycles. The van der Waals surface area contributed by atoms with Crippen molar-refractivity contribution in [2.45, 2.75) is 17.9 Å². The van der Waals surface area contributed by atoms with Gasteiger partial charge in [-0.1, -0.05) is 15.9 Å². The molecule has 3 nitrogen and oxygen atoms in total. The largest absolute Gasteiger partial charge is 0.398 e. The molecule has 1 aromatic heterocycles. The van der Waals surface area contributed by atoms with Crippen LogP contribution in [0.25, 0.3) is 0 Å². The van der Waals surface area contributed by atoms with Crippen molar-refractivity contribution in [3.63, 3.8) is 0 Å². The lowest BCUT2D eigenvalue weighted by atomic mass is 10.3. The van der Waals surface area contributed by atoms with Crippen LogP contribution in [0.1, 0.15) is 6.42 Å². The highest BCUT2D eigenvalue weighted by atomic mass is 79.9. The summed E-state index contributed by atoms with van der Waals surface area (Å²) >= 11 is 5.25. The van der Waals surface area contributed by atoms with Crippen LogP contribution in [0.3, 0.4) is 0 Å². The van der Waals surface area contributed by atoms with Crippen molar-refractivity contribution in [1.29, 1.82) is 0 Å². The lowest BCUT2D eigenvalue weighted by molar-refractivity contribution is 0.683. The Morgan fingerprint density at radius 2 is 2.29 bits per heavy atom. The Morgan fingerprint density at radius 1 is 1.41 bits per heavy atom. The van der Waals surface area contributed by atoms with Crippen LogP contribution in [0.5, 0.6) is 0 Å². The van der Waals surface area contributed by atoms with Crippen LogP contribution in [-0.4, -0.2) is 15.3 Å². The van der Waals surface area contributed by atoms with E-state index in [1.54, 1.807) is 18.0 Å². The summed E-state index contributed by atoms with van der Waals surface area (Å²) in [6.07, 6.45) is 6.74. The van der Waals surface area contributed by atoms with Gasteiger partial charge in [0.1, 0.15) is 0 Å². The van der Waals surface area contributed by atoms with Crippen molar-refractivity contribution in [3.8, 4) is 0 Å². The zero-order chi connectivity index (χ0) is 12.1. The summed E-state index contributed by atoms with van der Waals surface area (Å²) in [5.74, 6) is 1.05. The molecule has 0 atom stereocenters.